The van der Waals surface area contributed by atoms with E-state index in [0.29, 0.717) is 0 Å². The van der Waals surface area contributed by atoms with Crippen molar-refractivity contribution in [1.82, 2.24) is 0 Å². The molecule has 0 aromatic heterocycles. The van der Waals surface area contributed by atoms with E-state index in [1.165, 1.54) is 30.2 Å². The Bertz CT molecular complexity index is 317. The van der Waals surface area contributed by atoms with Crippen molar-refractivity contribution >= 4 is 15.4 Å². The van der Waals surface area contributed by atoms with Crippen LogP contribution in [0.3, 0.4) is 0 Å². The predicted molar refractivity (Wildman–Crippen MR) is 46.3 cm³/mol. The zero-order chi connectivity index (χ0) is 12.9. The molecule has 0 unspecified atom stereocenters. The number of rotatable bonds is 0. The smallest absolute Gasteiger partial charge is 0.579 e. The van der Waals surface area contributed by atoms with Gasteiger partial charge < -0.3 is 12.2 Å². The molecule has 0 aliphatic rings. The summed E-state index contributed by atoms with van der Waals surface area (Å²) in [5.74, 6) is 2.39. The zero-order valence-corrected chi connectivity index (χ0v) is 14.3. The number of hydrogen-bond acceptors (Lipinski definition) is 6. The second kappa shape index (κ2) is 76.1. The Morgan fingerprint density at radius 2 is 0.941 bits per heavy atom. The summed E-state index contributed by atoms with van der Waals surface area (Å²) in [5, 5.41) is 43.3. The molecule has 6 nitrogen and oxygen atoms in total. The van der Waals surface area contributed by atoms with Crippen molar-refractivity contribution in [3.63, 3.8) is 0 Å². The summed E-state index contributed by atoms with van der Waals surface area (Å²) >= 11 is 0. The van der Waals surface area contributed by atoms with Gasteiger partial charge in [0.25, 0.3) is 0 Å². The average molecular weight is 259 g/mol. The van der Waals surface area contributed by atoms with Crippen LogP contribution in [0.2, 0.25) is 0 Å². The standard InChI is InChI=1S/2C2N2.CBFN.CBN.K.Na/c2*3-1-2-4;3-2-1-4;2-1-3;;/q;;2*-1;2*+1. The first-order valence-corrected chi connectivity index (χ1v) is 2.64. The minimum Gasteiger partial charge on any atom is -0.579 e. The summed E-state index contributed by atoms with van der Waals surface area (Å²) in [6, 6.07) is 4.94. The molecule has 0 aliphatic carbocycles. The molecule has 0 spiro atoms. The summed E-state index contributed by atoms with van der Waals surface area (Å²) in [6.07, 6.45) is 0. The molecule has 0 heterocycles. The molecule has 0 saturated heterocycles. The first kappa shape index (κ1) is 36.0. The summed E-state index contributed by atoms with van der Waals surface area (Å²) in [7, 11) is 4.08. The molecule has 0 fully saturated rings. The Kier molecular flexibility index (Phi) is 161. The van der Waals surface area contributed by atoms with Gasteiger partial charge in [0.2, 0.25) is 0 Å². The molecule has 0 aromatic rings. The van der Waals surface area contributed by atoms with E-state index >= 15 is 0 Å². The van der Waals surface area contributed by atoms with Gasteiger partial charge >= 0.3 is 80.9 Å². The fraction of sp³-hybridized carbons (Fsp3) is 0. The van der Waals surface area contributed by atoms with E-state index in [9.17, 15) is 4.32 Å². The van der Waals surface area contributed by atoms with Gasteiger partial charge in [-0.2, -0.15) is 27.0 Å². The van der Waals surface area contributed by atoms with Crippen LogP contribution < -0.4 is 80.9 Å². The summed E-state index contributed by atoms with van der Waals surface area (Å²) in [5.41, 5.74) is 0. The maximum atomic E-state index is 10.2. The third-order valence-corrected chi connectivity index (χ3v) is 0.149. The Labute approximate surface area is 166 Å². The first-order valence-electron chi connectivity index (χ1n) is 2.64. The van der Waals surface area contributed by atoms with Crippen molar-refractivity contribution in [3.8, 4) is 36.2 Å². The topological polar surface area (TPSA) is 143 Å². The first-order chi connectivity index (χ1) is 7.16. The van der Waals surface area contributed by atoms with Gasteiger partial charge in [-0.05, 0) is 0 Å². The van der Waals surface area contributed by atoms with Gasteiger partial charge in [-0.1, -0.05) is 0 Å². The predicted octanol–water partition coefficient (Wildman–Crippen LogP) is -6.23. The van der Waals surface area contributed by atoms with Crippen LogP contribution in [0.15, 0.2) is 0 Å². The largest absolute Gasteiger partial charge is 1.00 e. The van der Waals surface area contributed by atoms with Crippen LogP contribution >= 0.6 is 0 Å². The van der Waals surface area contributed by atoms with Crippen molar-refractivity contribution in [2.24, 2.45) is 0 Å². The third-order valence-electron chi connectivity index (χ3n) is 0.149. The van der Waals surface area contributed by atoms with Gasteiger partial charge in [-0.15, -0.1) is 0 Å². The van der Waals surface area contributed by atoms with Gasteiger partial charge in [-0.25, -0.2) is 0 Å². The molecule has 0 rings (SSSR count). The molecular formula is C6B2FKN6Na. The van der Waals surface area contributed by atoms with Crippen LogP contribution in [0.1, 0.15) is 0 Å². The van der Waals surface area contributed by atoms with Gasteiger partial charge in [0.1, 0.15) is 0 Å². The molecule has 69 valence electrons. The van der Waals surface area contributed by atoms with E-state index < -0.39 is 0 Å². The van der Waals surface area contributed by atoms with Crippen molar-refractivity contribution in [2.45, 2.75) is 0 Å². The van der Waals surface area contributed by atoms with Gasteiger partial charge in [0.15, 0.2) is 24.3 Å². The third kappa shape index (κ3) is 418. The second-order valence-corrected chi connectivity index (χ2v) is 0.815. The maximum Gasteiger partial charge on any atom is 1.00 e. The molecule has 0 saturated carbocycles. The van der Waals surface area contributed by atoms with E-state index in [0.717, 1.165) is 5.97 Å². The quantitative estimate of drug-likeness (QED) is 0.396. The Morgan fingerprint density at radius 3 is 0.941 bits per heavy atom. The van der Waals surface area contributed by atoms with E-state index in [2.05, 4.69) is 7.85 Å². The number of nitrogens with zero attached hydrogens (tertiary/aromatic N) is 6. The van der Waals surface area contributed by atoms with Crippen LogP contribution in [0.5, 0.6) is 0 Å². The molecule has 11 heteroatoms. The number of halogens is 1. The molecule has 0 N–H and O–H groups in total. The summed E-state index contributed by atoms with van der Waals surface area (Å²) in [6.45, 7) is 0. The van der Waals surface area contributed by atoms with Crippen molar-refractivity contribution < 1.29 is 85.3 Å². The molecule has 0 aliphatic heterocycles. The Morgan fingerprint density at radius 1 is 0.824 bits per heavy atom. The van der Waals surface area contributed by atoms with Crippen LogP contribution in [-0.2, 0) is 0 Å². The van der Waals surface area contributed by atoms with Gasteiger partial charge in [0.05, 0.1) is 0 Å². The fourth-order valence-electron chi connectivity index (χ4n) is 0. The molecule has 17 heavy (non-hydrogen) atoms. The van der Waals surface area contributed by atoms with Crippen molar-refractivity contribution in [3.05, 3.63) is 0 Å². The monoisotopic (exact) mass is 259 g/mol. The summed E-state index contributed by atoms with van der Waals surface area (Å²) in [4.78, 5) is 0. The maximum absolute atomic E-state index is 10.2. The Balaban J connectivity index is -0.0000000230. The Hall–Kier alpha value is -0.364. The van der Waals surface area contributed by atoms with Gasteiger partial charge in [0, 0.05) is 7.56 Å². The number of nitriles is 6. The van der Waals surface area contributed by atoms with Crippen LogP contribution in [-0.4, -0.2) is 15.4 Å². The second-order valence-electron chi connectivity index (χ2n) is 0.815. The van der Waals surface area contributed by atoms with E-state index in [-0.39, 0.29) is 88.5 Å². The SMILES string of the molecule is N#CC#N.N#CC#N.N#C[B-]F.[B-]C#N.[K+].[Na+]. The molecular weight excluding hydrogens is 259 g/mol. The molecule has 5 radical (unpaired) electrons. The van der Waals surface area contributed by atoms with Crippen molar-refractivity contribution in [2.75, 3.05) is 0 Å². The minimum atomic E-state index is -0.0694. The van der Waals surface area contributed by atoms with E-state index in [1.807, 2.05) is 0 Å². The molecule has 0 atom stereocenters. The van der Waals surface area contributed by atoms with E-state index in [4.69, 9.17) is 31.6 Å². The zero-order valence-electron chi connectivity index (χ0n) is 9.22. The minimum absolute atomic E-state index is 0. The van der Waals surface area contributed by atoms with Crippen LogP contribution in [0.25, 0.3) is 0 Å². The molecule has 0 amide bonds. The average Bonchev–Trinajstić information content (AvgIpc) is 2.30. The summed E-state index contributed by atoms with van der Waals surface area (Å²) < 4.78 is 10.2. The number of hydrogen-bond donors (Lipinski definition) is 0. The normalized spacial score (nSPS) is 2.82. The fourth-order valence-corrected chi connectivity index (χ4v) is 0. The van der Waals surface area contributed by atoms with Gasteiger partial charge in [-0.3, -0.25) is 16.5 Å². The van der Waals surface area contributed by atoms with E-state index in [1.54, 1.807) is 0 Å². The van der Waals surface area contributed by atoms with Crippen LogP contribution in [0, 0.1) is 67.8 Å². The van der Waals surface area contributed by atoms with Crippen molar-refractivity contribution in [1.29, 1.82) is 31.6 Å². The molecule has 0 aromatic carbocycles. The van der Waals surface area contributed by atoms with Crippen LogP contribution in [0.4, 0.5) is 4.32 Å². The molecule has 0 bridgehead atoms.